The van der Waals surface area contributed by atoms with Gasteiger partial charge in [0.05, 0.1) is 6.04 Å². The van der Waals surface area contributed by atoms with Gasteiger partial charge in [-0.1, -0.05) is 56.3 Å². The van der Waals surface area contributed by atoms with Gasteiger partial charge in [0, 0.05) is 59.7 Å². The molecule has 3 fully saturated rings. The molecule has 5 amide bonds. The van der Waals surface area contributed by atoms with Crippen molar-refractivity contribution in [2.45, 2.75) is 206 Å². The number of rotatable bonds is 16. The van der Waals surface area contributed by atoms with Gasteiger partial charge in [-0.15, -0.1) is 0 Å². The highest BCUT2D eigenvalue weighted by Gasteiger charge is 2.47. The van der Waals surface area contributed by atoms with Crippen molar-refractivity contribution in [3.63, 3.8) is 0 Å². The van der Waals surface area contributed by atoms with Crippen LogP contribution >= 0.6 is 0 Å². The molecular formula is C50H81N7O9. The Morgan fingerprint density at radius 1 is 0.833 bits per heavy atom. The molecule has 16 heteroatoms. The number of piperidine rings is 2. The standard InChI is InChI=1S/C50H81N7O9/c1-33(2)27-36(53-45(62)66-46(3,4)5)24-23-35(28-34-19-15-14-16-20-34)43(60)55-26-18-22-40(55)42(59)54-39(41(58)52-37-29-47(6,7)56(63)48(8,9)30-37)21-17-25-51-44(61)65-38-31-49(10,11)57(64)50(12,13)32-38/h14-16,19-20,23-24,28,33,36-40,63-64H,17-18,21-22,25-27,29-32H2,1-13H3,(H,51,61)(H,52,58)(H,53,62)(H,54,59)/b24-23+,35-28+/t36-,39+,40+/m1/s1. The number of alkyl carbamates (subject to hydrolysis) is 2. The molecule has 3 heterocycles. The second-order valence-corrected chi connectivity index (χ2v) is 22.5. The summed E-state index contributed by atoms with van der Waals surface area (Å²) in [6, 6.07) is 6.77. The number of carbonyl (C=O) groups is 5. The molecule has 6 N–H and O–H groups in total. The Morgan fingerprint density at radius 3 is 1.97 bits per heavy atom. The molecule has 0 bridgehead atoms. The molecule has 1 aromatic rings. The first kappa shape index (κ1) is 54.1. The van der Waals surface area contributed by atoms with E-state index in [0.717, 1.165) is 5.56 Å². The third-order valence-corrected chi connectivity index (χ3v) is 12.6. The lowest BCUT2D eigenvalue weighted by Crippen LogP contribution is -2.64. The molecule has 0 aliphatic carbocycles. The van der Waals surface area contributed by atoms with E-state index in [2.05, 4.69) is 21.3 Å². The highest BCUT2D eigenvalue weighted by molar-refractivity contribution is 6.03. The Bertz CT molecular complexity index is 1870. The Labute approximate surface area is 393 Å². The van der Waals surface area contributed by atoms with Crippen LogP contribution in [-0.2, 0) is 23.9 Å². The number of hydroxylamine groups is 4. The van der Waals surface area contributed by atoms with Gasteiger partial charge in [-0.25, -0.2) is 9.59 Å². The molecule has 66 heavy (non-hydrogen) atoms. The fraction of sp³-hybridized carbons (Fsp3) is 0.700. The first-order valence-electron chi connectivity index (χ1n) is 23.8. The van der Waals surface area contributed by atoms with Crippen molar-refractivity contribution in [1.29, 1.82) is 0 Å². The fourth-order valence-corrected chi connectivity index (χ4v) is 9.89. The highest BCUT2D eigenvalue weighted by atomic mass is 16.6. The molecule has 3 saturated heterocycles. The minimum absolute atomic E-state index is 0.168. The first-order valence-corrected chi connectivity index (χ1v) is 23.8. The van der Waals surface area contributed by atoms with Gasteiger partial charge in [-0.2, -0.15) is 10.1 Å². The molecule has 0 radical (unpaired) electrons. The van der Waals surface area contributed by atoms with Crippen molar-refractivity contribution in [3.05, 3.63) is 53.6 Å². The summed E-state index contributed by atoms with van der Waals surface area (Å²) in [5.41, 5.74) is -2.06. The van der Waals surface area contributed by atoms with Gasteiger partial charge in [-0.3, -0.25) is 14.4 Å². The van der Waals surface area contributed by atoms with E-state index in [-0.39, 0.29) is 30.8 Å². The molecule has 0 unspecified atom stereocenters. The monoisotopic (exact) mass is 924 g/mol. The fourth-order valence-electron chi connectivity index (χ4n) is 9.89. The van der Waals surface area contributed by atoms with Crippen molar-refractivity contribution < 1.29 is 43.9 Å². The lowest BCUT2D eigenvalue weighted by molar-refractivity contribution is -0.256. The molecule has 16 nitrogen and oxygen atoms in total. The van der Waals surface area contributed by atoms with Crippen LogP contribution in [0.1, 0.15) is 153 Å². The van der Waals surface area contributed by atoms with Crippen molar-refractivity contribution in [2.75, 3.05) is 13.1 Å². The zero-order valence-corrected chi connectivity index (χ0v) is 42.0. The van der Waals surface area contributed by atoms with Crippen molar-refractivity contribution in [2.24, 2.45) is 5.92 Å². The zero-order chi connectivity index (χ0) is 49.4. The van der Waals surface area contributed by atoms with Crippen LogP contribution in [0.4, 0.5) is 9.59 Å². The molecule has 370 valence electrons. The quantitative estimate of drug-likeness (QED) is 0.0545. The predicted octanol–water partition coefficient (Wildman–Crippen LogP) is 7.49. The number of nitrogens with one attached hydrogen (secondary N) is 4. The summed E-state index contributed by atoms with van der Waals surface area (Å²) < 4.78 is 11.3. The van der Waals surface area contributed by atoms with Crippen LogP contribution in [0, 0.1) is 5.92 Å². The summed E-state index contributed by atoms with van der Waals surface area (Å²) in [5.74, 6) is -1.02. The van der Waals surface area contributed by atoms with E-state index in [0.29, 0.717) is 63.5 Å². The van der Waals surface area contributed by atoms with E-state index in [4.69, 9.17) is 9.47 Å². The zero-order valence-electron chi connectivity index (χ0n) is 42.0. The summed E-state index contributed by atoms with van der Waals surface area (Å²) in [5, 5.41) is 36.1. The molecular weight excluding hydrogens is 843 g/mol. The lowest BCUT2D eigenvalue weighted by atomic mass is 9.79. The summed E-state index contributed by atoms with van der Waals surface area (Å²) in [6.07, 6.45) is 7.53. The topological polar surface area (TPSA) is 202 Å². The second-order valence-electron chi connectivity index (χ2n) is 22.5. The minimum Gasteiger partial charge on any atom is -0.446 e. The van der Waals surface area contributed by atoms with Crippen molar-refractivity contribution >= 4 is 36.0 Å². The van der Waals surface area contributed by atoms with Gasteiger partial charge in [0.25, 0.3) is 5.91 Å². The number of amides is 5. The number of benzene rings is 1. The van der Waals surface area contributed by atoms with E-state index < -0.39 is 76.0 Å². The largest absolute Gasteiger partial charge is 0.446 e. The van der Waals surface area contributed by atoms with Gasteiger partial charge in [0.2, 0.25) is 11.8 Å². The summed E-state index contributed by atoms with van der Waals surface area (Å²) >= 11 is 0. The summed E-state index contributed by atoms with van der Waals surface area (Å²) in [6.45, 7) is 25.2. The normalized spacial score (nSPS) is 22.4. The van der Waals surface area contributed by atoms with Crippen molar-refractivity contribution in [1.82, 2.24) is 36.3 Å². The molecule has 3 aliphatic heterocycles. The Morgan fingerprint density at radius 2 is 1.41 bits per heavy atom. The molecule has 3 aliphatic rings. The van der Waals surface area contributed by atoms with Gasteiger partial charge >= 0.3 is 12.2 Å². The van der Waals surface area contributed by atoms with Crippen molar-refractivity contribution in [3.8, 4) is 0 Å². The Hall–Kier alpha value is -4.51. The molecule has 0 spiro atoms. The number of nitrogens with zero attached hydrogens (tertiary/aromatic N) is 3. The average molecular weight is 924 g/mol. The smallest absolute Gasteiger partial charge is 0.408 e. The van der Waals surface area contributed by atoms with Crippen LogP contribution in [0.5, 0.6) is 0 Å². The van der Waals surface area contributed by atoms with E-state index in [1.807, 2.05) is 99.6 Å². The second kappa shape index (κ2) is 22.1. The Balaban J connectivity index is 1.53. The third kappa shape index (κ3) is 15.5. The maximum atomic E-state index is 14.6. The van der Waals surface area contributed by atoms with Crippen LogP contribution in [0.3, 0.4) is 0 Å². The van der Waals surface area contributed by atoms with E-state index >= 15 is 0 Å². The molecule has 3 atom stereocenters. The number of hydrogen-bond donors (Lipinski definition) is 6. The van der Waals surface area contributed by atoms with Crippen LogP contribution in [0.2, 0.25) is 0 Å². The average Bonchev–Trinajstić information content (AvgIpc) is 3.68. The number of likely N-dealkylation sites (tertiary alicyclic amines) is 1. The van der Waals surface area contributed by atoms with Crippen LogP contribution in [-0.4, -0.2) is 126 Å². The van der Waals surface area contributed by atoms with E-state index in [1.54, 1.807) is 43.9 Å². The van der Waals surface area contributed by atoms with Gasteiger partial charge in [0.1, 0.15) is 23.8 Å². The van der Waals surface area contributed by atoms with Gasteiger partial charge in [0.15, 0.2) is 0 Å². The molecule has 1 aromatic carbocycles. The van der Waals surface area contributed by atoms with Crippen LogP contribution in [0.25, 0.3) is 6.08 Å². The predicted molar refractivity (Wildman–Crippen MR) is 254 cm³/mol. The maximum absolute atomic E-state index is 14.6. The van der Waals surface area contributed by atoms with Crippen LogP contribution in [0.15, 0.2) is 48.1 Å². The number of ether oxygens (including phenoxy) is 2. The minimum atomic E-state index is -1.00. The molecule has 0 saturated carbocycles. The lowest BCUT2D eigenvalue weighted by Gasteiger charge is -2.51. The highest BCUT2D eigenvalue weighted by Crippen LogP contribution is 2.38. The van der Waals surface area contributed by atoms with Gasteiger partial charge in [-0.05, 0) is 139 Å². The Kier molecular flexibility index (Phi) is 18.1. The van der Waals surface area contributed by atoms with Gasteiger partial charge < -0.3 is 46.1 Å². The molecule has 0 aromatic heterocycles. The molecule has 4 rings (SSSR count). The maximum Gasteiger partial charge on any atom is 0.408 e. The van der Waals surface area contributed by atoms with E-state index in [1.165, 1.54) is 10.1 Å². The third-order valence-electron chi connectivity index (χ3n) is 12.6. The van der Waals surface area contributed by atoms with Crippen LogP contribution < -0.4 is 21.3 Å². The SMILES string of the molecule is CC(C)C[C@@H](/C=C/C(=C\c1ccccc1)C(=O)N1CCC[C@H]1C(=O)N[C@@H](CCCNC(=O)OC1CC(C)(C)N(O)C(C)(C)C1)C(=O)NC1CC(C)(C)N(O)C(C)(C)C1)NC(=O)OC(C)(C)C. The summed E-state index contributed by atoms with van der Waals surface area (Å²) in [4.78, 5) is 70.6. The number of carbonyl (C=O) groups excluding carboxylic acids is 5. The summed E-state index contributed by atoms with van der Waals surface area (Å²) in [7, 11) is 0. The number of hydrogen-bond acceptors (Lipinski definition) is 11. The first-order chi connectivity index (χ1) is 30.5. The van der Waals surface area contributed by atoms with E-state index in [9.17, 15) is 34.4 Å².